The SMILES string of the molecule is Cl.NC1CCN(C(=O)/C=C/c2ccccc2)CC1. The Bertz CT molecular complexity index is 398. The number of benzene rings is 1. The van der Waals surface area contributed by atoms with Gasteiger partial charge in [0, 0.05) is 25.2 Å². The van der Waals surface area contributed by atoms with Gasteiger partial charge in [0.25, 0.3) is 0 Å². The number of hydrogen-bond donors (Lipinski definition) is 1. The normalized spacial score (nSPS) is 16.6. The van der Waals surface area contributed by atoms with E-state index in [2.05, 4.69) is 0 Å². The average Bonchev–Trinajstić information content (AvgIpc) is 2.38. The van der Waals surface area contributed by atoms with E-state index in [0.29, 0.717) is 0 Å². The van der Waals surface area contributed by atoms with E-state index in [1.165, 1.54) is 0 Å². The minimum absolute atomic E-state index is 0. The molecule has 3 nitrogen and oxygen atoms in total. The first-order valence-corrected chi connectivity index (χ1v) is 6.03. The van der Waals surface area contributed by atoms with E-state index in [0.717, 1.165) is 31.5 Å². The number of nitrogens with zero attached hydrogens (tertiary/aromatic N) is 1. The van der Waals surface area contributed by atoms with Gasteiger partial charge in [-0.25, -0.2) is 0 Å². The second-order valence-corrected chi connectivity index (χ2v) is 4.41. The summed E-state index contributed by atoms with van der Waals surface area (Å²) in [5, 5.41) is 0. The summed E-state index contributed by atoms with van der Waals surface area (Å²) in [7, 11) is 0. The number of nitrogens with two attached hydrogens (primary N) is 1. The smallest absolute Gasteiger partial charge is 0.246 e. The second kappa shape index (κ2) is 7.19. The van der Waals surface area contributed by atoms with Crippen molar-refractivity contribution in [1.82, 2.24) is 4.90 Å². The fraction of sp³-hybridized carbons (Fsp3) is 0.357. The molecule has 0 aromatic heterocycles. The van der Waals surface area contributed by atoms with Gasteiger partial charge in [-0.15, -0.1) is 12.4 Å². The van der Waals surface area contributed by atoms with Crippen molar-refractivity contribution in [2.45, 2.75) is 18.9 Å². The Hall–Kier alpha value is -1.32. The van der Waals surface area contributed by atoms with Gasteiger partial charge >= 0.3 is 0 Å². The minimum Gasteiger partial charge on any atom is -0.339 e. The Morgan fingerprint density at radius 2 is 1.83 bits per heavy atom. The fourth-order valence-corrected chi connectivity index (χ4v) is 1.96. The number of rotatable bonds is 2. The van der Waals surface area contributed by atoms with Crippen molar-refractivity contribution in [2.24, 2.45) is 5.73 Å². The molecular formula is C14H19ClN2O. The first kappa shape index (κ1) is 14.7. The molecular weight excluding hydrogens is 248 g/mol. The van der Waals surface area contributed by atoms with Gasteiger partial charge in [-0.1, -0.05) is 30.3 Å². The largest absolute Gasteiger partial charge is 0.339 e. The molecule has 0 bridgehead atoms. The van der Waals surface area contributed by atoms with Crippen LogP contribution in [-0.4, -0.2) is 29.9 Å². The van der Waals surface area contributed by atoms with Crippen molar-refractivity contribution < 1.29 is 4.79 Å². The lowest BCUT2D eigenvalue weighted by Crippen LogP contribution is -2.42. The Morgan fingerprint density at radius 3 is 2.44 bits per heavy atom. The van der Waals surface area contributed by atoms with Crippen LogP contribution in [0.2, 0.25) is 0 Å². The van der Waals surface area contributed by atoms with Crippen LogP contribution in [0.15, 0.2) is 36.4 Å². The standard InChI is InChI=1S/C14H18N2O.ClH/c15-13-8-10-16(11-9-13)14(17)7-6-12-4-2-1-3-5-12;/h1-7,13H,8-11,15H2;1H/b7-6+;. The van der Waals surface area contributed by atoms with Gasteiger partial charge in [-0.2, -0.15) is 0 Å². The van der Waals surface area contributed by atoms with Crippen LogP contribution < -0.4 is 5.73 Å². The third-order valence-corrected chi connectivity index (χ3v) is 3.07. The first-order chi connectivity index (χ1) is 8.25. The maximum absolute atomic E-state index is 11.9. The molecule has 4 heteroatoms. The highest BCUT2D eigenvalue weighted by molar-refractivity contribution is 5.91. The van der Waals surface area contributed by atoms with Crippen LogP contribution in [-0.2, 0) is 4.79 Å². The summed E-state index contributed by atoms with van der Waals surface area (Å²) in [6.07, 6.45) is 5.32. The van der Waals surface area contributed by atoms with Gasteiger partial charge in [0.15, 0.2) is 0 Å². The van der Waals surface area contributed by atoms with Gasteiger partial charge in [0.05, 0.1) is 0 Å². The zero-order valence-corrected chi connectivity index (χ0v) is 11.1. The van der Waals surface area contributed by atoms with Gasteiger partial charge in [0.1, 0.15) is 0 Å². The Labute approximate surface area is 114 Å². The van der Waals surface area contributed by atoms with Crippen LogP contribution in [0.1, 0.15) is 18.4 Å². The van der Waals surface area contributed by atoms with Crippen molar-refractivity contribution in [2.75, 3.05) is 13.1 Å². The van der Waals surface area contributed by atoms with Crippen LogP contribution in [0.3, 0.4) is 0 Å². The zero-order chi connectivity index (χ0) is 12.1. The molecule has 0 unspecified atom stereocenters. The third kappa shape index (κ3) is 4.17. The van der Waals surface area contributed by atoms with Gasteiger partial charge in [0.2, 0.25) is 5.91 Å². The van der Waals surface area contributed by atoms with E-state index < -0.39 is 0 Å². The first-order valence-electron chi connectivity index (χ1n) is 6.03. The highest BCUT2D eigenvalue weighted by atomic mass is 35.5. The van der Waals surface area contributed by atoms with Gasteiger partial charge < -0.3 is 10.6 Å². The average molecular weight is 267 g/mol. The van der Waals surface area contributed by atoms with Crippen molar-refractivity contribution in [1.29, 1.82) is 0 Å². The second-order valence-electron chi connectivity index (χ2n) is 4.41. The highest BCUT2D eigenvalue weighted by Gasteiger charge is 2.18. The molecule has 98 valence electrons. The molecule has 1 heterocycles. The topological polar surface area (TPSA) is 46.3 Å². The summed E-state index contributed by atoms with van der Waals surface area (Å²) in [4.78, 5) is 13.7. The van der Waals surface area contributed by atoms with Crippen molar-refractivity contribution in [3.63, 3.8) is 0 Å². The van der Waals surface area contributed by atoms with Gasteiger partial charge in [-0.05, 0) is 24.5 Å². The van der Waals surface area contributed by atoms with E-state index in [1.807, 2.05) is 41.3 Å². The van der Waals surface area contributed by atoms with E-state index >= 15 is 0 Å². The minimum atomic E-state index is 0. The van der Waals surface area contributed by atoms with E-state index in [-0.39, 0.29) is 24.4 Å². The molecule has 0 spiro atoms. The molecule has 2 rings (SSSR count). The number of amides is 1. The third-order valence-electron chi connectivity index (χ3n) is 3.07. The van der Waals surface area contributed by atoms with Crippen LogP contribution in [0.4, 0.5) is 0 Å². The molecule has 0 aliphatic carbocycles. The summed E-state index contributed by atoms with van der Waals surface area (Å²) < 4.78 is 0. The highest BCUT2D eigenvalue weighted by Crippen LogP contribution is 2.09. The Morgan fingerprint density at radius 1 is 1.22 bits per heavy atom. The van der Waals surface area contributed by atoms with E-state index in [4.69, 9.17) is 5.73 Å². The Balaban J connectivity index is 0.00000162. The van der Waals surface area contributed by atoms with E-state index in [9.17, 15) is 4.79 Å². The molecule has 0 atom stereocenters. The lowest BCUT2D eigenvalue weighted by Gasteiger charge is -2.29. The number of hydrogen-bond acceptors (Lipinski definition) is 2. The molecule has 1 saturated heterocycles. The lowest BCUT2D eigenvalue weighted by atomic mass is 10.1. The molecule has 1 aliphatic rings. The fourth-order valence-electron chi connectivity index (χ4n) is 1.96. The number of piperidine rings is 1. The number of carbonyl (C=O) groups is 1. The van der Waals surface area contributed by atoms with Crippen molar-refractivity contribution >= 4 is 24.4 Å². The summed E-state index contributed by atoms with van der Waals surface area (Å²) in [6, 6.07) is 10.1. The molecule has 1 aromatic carbocycles. The quantitative estimate of drug-likeness (QED) is 0.833. The van der Waals surface area contributed by atoms with Gasteiger partial charge in [-0.3, -0.25) is 4.79 Å². The molecule has 1 amide bonds. The number of likely N-dealkylation sites (tertiary alicyclic amines) is 1. The molecule has 1 aromatic rings. The molecule has 18 heavy (non-hydrogen) atoms. The lowest BCUT2D eigenvalue weighted by molar-refractivity contribution is -0.126. The number of carbonyl (C=O) groups excluding carboxylic acids is 1. The maximum atomic E-state index is 11.9. The molecule has 2 N–H and O–H groups in total. The van der Waals surface area contributed by atoms with Crippen molar-refractivity contribution in [3.05, 3.63) is 42.0 Å². The van der Waals surface area contributed by atoms with Crippen molar-refractivity contribution in [3.8, 4) is 0 Å². The summed E-state index contributed by atoms with van der Waals surface area (Å²) in [5.74, 6) is 0.0840. The van der Waals surface area contributed by atoms with E-state index in [1.54, 1.807) is 6.08 Å². The predicted octanol–water partition coefficient (Wildman–Crippen LogP) is 2.07. The monoisotopic (exact) mass is 266 g/mol. The maximum Gasteiger partial charge on any atom is 0.246 e. The molecule has 1 aliphatic heterocycles. The Kier molecular flexibility index (Phi) is 5.89. The van der Waals surface area contributed by atoms with Crippen LogP contribution >= 0.6 is 12.4 Å². The van der Waals surface area contributed by atoms with Crippen LogP contribution in [0.5, 0.6) is 0 Å². The molecule has 0 saturated carbocycles. The predicted molar refractivity (Wildman–Crippen MR) is 76.5 cm³/mol. The zero-order valence-electron chi connectivity index (χ0n) is 10.3. The summed E-state index contributed by atoms with van der Waals surface area (Å²) in [5.41, 5.74) is 6.86. The summed E-state index contributed by atoms with van der Waals surface area (Å²) in [6.45, 7) is 1.55. The van der Waals surface area contributed by atoms with Crippen LogP contribution in [0, 0.1) is 0 Å². The molecule has 1 fully saturated rings. The molecule has 0 radical (unpaired) electrons. The number of halogens is 1. The van der Waals surface area contributed by atoms with Crippen LogP contribution in [0.25, 0.3) is 6.08 Å². The summed E-state index contributed by atoms with van der Waals surface area (Å²) >= 11 is 0.